The van der Waals surface area contributed by atoms with E-state index in [1.165, 1.54) is 63.8 Å². The molecule has 3 N–H and O–H groups in total. The number of hydrogen-bond acceptors (Lipinski definition) is 37. The minimum Gasteiger partial charge on any atom is -0.747 e. The summed E-state index contributed by atoms with van der Waals surface area (Å²) in [6.07, 6.45) is 8.25. The molecule has 5 aromatic heterocycles. The fourth-order valence-electron chi connectivity index (χ4n) is 6.81. The third-order valence-electron chi connectivity index (χ3n) is 12.5. The average Bonchev–Trinajstić information content (AvgIpc) is 0.864. The summed E-state index contributed by atoms with van der Waals surface area (Å²) in [6.45, 7) is 24.1. The molecule has 6 atom stereocenters. The number of nitrogens with one attached hydrogen (secondary N) is 3. The Balaban J connectivity index is -0.000000691. The maximum atomic E-state index is 12.3. The zero-order valence-corrected chi connectivity index (χ0v) is 86.3. The van der Waals surface area contributed by atoms with Crippen LogP contribution in [0.1, 0.15) is 66.5 Å². The number of thioether (sulfide) groups is 6. The Bertz CT molecular complexity index is 4250. The fraction of sp³-hybridized carbons (Fsp3) is 0.415. The van der Waals surface area contributed by atoms with Gasteiger partial charge in [0, 0.05) is 125 Å². The van der Waals surface area contributed by atoms with Crippen LogP contribution in [0.2, 0.25) is 0 Å². The van der Waals surface area contributed by atoms with Crippen molar-refractivity contribution < 1.29 is 167 Å². The number of thiocarbonyl (C=S) groups is 2. The molecule has 0 radical (unpaired) electrons. The Labute approximate surface area is 800 Å². The SMILES string of the molecule is C=CS(=O)(=O)C=C.C=CS(=O)(=O)CCSCCNC(=O)C(C)CC(SCCS(=O)(=O)C=C)S(=O)(=O)[O-].CC.CC(CC(SC(=S)SCc1ccccn1)S(=O)(=O)[O-])C(=O)NCCSSc1ccccn1.CCSC(=S)SC(CC(C)C(=O)NCCSSc1ccccn1)S(=O)(=O)[O-].[Na+].[Na+].[Na+].c1ccc(SSc2ccccn2)nc1. The third kappa shape index (κ3) is 63.1. The van der Waals surface area contributed by atoms with Crippen molar-refractivity contribution in [1.82, 2.24) is 40.9 Å². The quantitative estimate of drug-likeness (QED) is 0.0160. The molecule has 0 aliphatic rings. The topological polar surface area (TPSA) is 426 Å². The second-order valence-corrected chi connectivity index (χ2v) is 49.1. The van der Waals surface area contributed by atoms with Crippen molar-refractivity contribution in [2.24, 2.45) is 17.8 Å². The van der Waals surface area contributed by atoms with Crippen LogP contribution in [0.15, 0.2) is 190 Å². The maximum Gasteiger partial charge on any atom is 1.00 e. The van der Waals surface area contributed by atoms with Crippen LogP contribution >= 0.6 is 160 Å². The number of nitrogens with zero attached hydrogens (tertiary/aromatic N) is 5. The van der Waals surface area contributed by atoms with Gasteiger partial charge in [0.15, 0.2) is 29.5 Å². The van der Waals surface area contributed by atoms with Crippen LogP contribution in [0.5, 0.6) is 0 Å². The number of aromatic nitrogens is 5. The Morgan fingerprint density at radius 1 is 0.447 bits per heavy atom. The molecule has 0 spiro atoms. The van der Waals surface area contributed by atoms with Gasteiger partial charge in [0.1, 0.15) is 66.7 Å². The smallest absolute Gasteiger partial charge is 0.747 e. The molecule has 0 aliphatic heterocycles. The van der Waals surface area contributed by atoms with Crippen LogP contribution in [0.3, 0.4) is 0 Å². The molecule has 6 unspecified atom stereocenters. The molecule has 5 heterocycles. The first-order chi connectivity index (χ1) is 52.3. The van der Waals surface area contributed by atoms with Crippen molar-refractivity contribution in [1.29, 1.82) is 0 Å². The van der Waals surface area contributed by atoms with Gasteiger partial charge in [-0.05, 0) is 129 Å². The number of rotatable bonds is 44. The van der Waals surface area contributed by atoms with Crippen molar-refractivity contribution in [2.45, 2.75) is 100 Å². The molecule has 0 aromatic carbocycles. The van der Waals surface area contributed by atoms with E-state index in [0.29, 0.717) is 66.4 Å². The van der Waals surface area contributed by atoms with Gasteiger partial charge in [0.05, 0.1) is 21.8 Å². The van der Waals surface area contributed by atoms with Gasteiger partial charge in [0.2, 0.25) is 17.7 Å². The summed E-state index contributed by atoms with van der Waals surface area (Å²) in [6, 6.07) is 28.5. The summed E-state index contributed by atoms with van der Waals surface area (Å²) in [5.41, 5.74) is 0.800. The van der Waals surface area contributed by atoms with Gasteiger partial charge in [-0.25, -0.2) is 70.4 Å². The van der Waals surface area contributed by atoms with Crippen LogP contribution in [-0.2, 0) is 80.0 Å². The normalized spacial score (nSPS) is 12.6. The first-order valence-corrected chi connectivity index (χ1v) is 55.5. The van der Waals surface area contributed by atoms with Crippen molar-refractivity contribution >= 4 is 244 Å². The Morgan fingerprint density at radius 2 is 0.772 bits per heavy atom. The van der Waals surface area contributed by atoms with Crippen LogP contribution in [0.4, 0.5) is 0 Å². The molecule has 0 saturated heterocycles. The molecular weight excluding hydrogens is 1890 g/mol. The summed E-state index contributed by atoms with van der Waals surface area (Å²) in [4.78, 5) is 57.6. The second-order valence-electron chi connectivity index (χ2n) is 21.0. The van der Waals surface area contributed by atoms with Gasteiger partial charge >= 0.3 is 88.7 Å². The molecule has 620 valence electrons. The number of carbonyl (C=O) groups is 3. The Hall–Kier alpha value is 0.0800. The van der Waals surface area contributed by atoms with E-state index >= 15 is 0 Å². The number of sulfone groups is 3. The predicted octanol–water partition coefficient (Wildman–Crippen LogP) is 4.37. The Kier molecular flexibility index (Phi) is 73.3. The first-order valence-electron chi connectivity index (χ1n) is 32.5. The molecule has 3 amide bonds. The van der Waals surface area contributed by atoms with E-state index in [0.717, 1.165) is 71.0 Å². The van der Waals surface area contributed by atoms with Gasteiger partial charge in [-0.1, -0.05) is 168 Å². The molecule has 26 nitrogen and oxygen atoms in total. The number of pyridine rings is 5. The molecular formula is C65H89N8Na3O18S20. The standard InChI is InChI=1S/C19H23N3O4S6.C15H22N2O4S6.C15H27NO8S5.C10H8N2S2.C4H6O2S.C2H6.3Na/c1-14(18(23)22-10-11-29-31-16-7-3-5-9-21-16)12-17(32(24,25)26)30-19(27)28-13-15-6-2-4-8-20-15;1-3-23-15(22)25-13(27(19,20)21)10-11(2)14(18)17-8-9-24-26-12-6-4-5-7-16-12;1-4-27(18,19)10-8-25-7-6-16-15(17)13(3)12-14(29(22,23)24)26-9-11-28(20,21)5-2;1-3-7-11-9(5-1)13-14-10-6-2-4-8-12-10;1-3-7(5,6)4-2;1-2;;;/h2-9,14,17H,10-13H2,1H3,(H,22,23)(H,24,25,26);4-7,11,13H,3,8-10H2,1-2H3,(H,17,18)(H,19,20,21);4-5,13-14H,1-2,6-12H2,3H3,(H,16,17)(H,22,23,24);1-8H;3-4H,1-2H2;1-2H3;;;/q;;;;;;3*+1/p-3. The van der Waals surface area contributed by atoms with Gasteiger partial charge in [-0.2, -0.15) is 11.8 Å². The molecule has 0 bridgehead atoms. The molecule has 0 aliphatic carbocycles. The van der Waals surface area contributed by atoms with Crippen LogP contribution in [0, 0.1) is 17.8 Å². The third-order valence-corrected chi connectivity index (χ3v) is 35.8. The average molecular weight is 1980 g/mol. The second kappa shape index (κ2) is 69.4. The molecule has 0 fully saturated rings. The number of hydrogen-bond donors (Lipinski definition) is 3. The molecule has 114 heavy (non-hydrogen) atoms. The van der Waals surface area contributed by atoms with E-state index in [1.54, 1.807) is 94.1 Å². The van der Waals surface area contributed by atoms with Gasteiger partial charge in [-0.3, -0.25) is 19.4 Å². The van der Waals surface area contributed by atoms with Crippen LogP contribution in [-0.4, -0.2) is 193 Å². The summed E-state index contributed by atoms with van der Waals surface area (Å²) in [5.74, 6) is -0.248. The summed E-state index contributed by atoms with van der Waals surface area (Å²) >= 11 is 16.5. The van der Waals surface area contributed by atoms with Crippen molar-refractivity contribution in [3.63, 3.8) is 0 Å². The monoisotopic (exact) mass is 1980 g/mol. The van der Waals surface area contributed by atoms with E-state index in [1.807, 2.05) is 106 Å². The van der Waals surface area contributed by atoms with Crippen LogP contribution in [0.25, 0.3) is 0 Å². The van der Waals surface area contributed by atoms with Gasteiger partial charge in [0.25, 0.3) is 0 Å². The van der Waals surface area contributed by atoms with Gasteiger partial charge < -0.3 is 29.6 Å². The molecule has 5 rings (SSSR count). The zero-order chi connectivity index (χ0) is 84.0. The van der Waals surface area contributed by atoms with Crippen molar-refractivity contribution in [3.05, 3.63) is 176 Å². The molecule has 5 aromatic rings. The van der Waals surface area contributed by atoms with E-state index in [4.69, 9.17) is 24.4 Å². The Morgan fingerprint density at radius 3 is 1.08 bits per heavy atom. The minimum absolute atomic E-state index is 0. The maximum absolute atomic E-state index is 12.3. The zero-order valence-electron chi connectivity index (χ0n) is 64.0. The van der Waals surface area contributed by atoms with E-state index in [2.05, 4.69) is 67.2 Å². The summed E-state index contributed by atoms with van der Waals surface area (Å²) in [7, 11) is -14.4. The largest absolute Gasteiger partial charge is 1.00 e. The fourth-order valence-corrected chi connectivity index (χ4v) is 26.1. The summed E-state index contributed by atoms with van der Waals surface area (Å²) < 4.78 is 166. The summed E-state index contributed by atoms with van der Waals surface area (Å²) in [5, 5.41) is 15.3. The number of amides is 3. The predicted molar refractivity (Wildman–Crippen MR) is 479 cm³/mol. The van der Waals surface area contributed by atoms with Crippen LogP contribution < -0.4 is 105 Å². The molecule has 0 saturated carbocycles. The van der Waals surface area contributed by atoms with Gasteiger partial charge in [-0.15, -0.1) is 35.3 Å². The minimum atomic E-state index is -4.72. The van der Waals surface area contributed by atoms with E-state index in [9.17, 15) is 78.5 Å². The van der Waals surface area contributed by atoms with Crippen molar-refractivity contribution in [2.75, 3.05) is 65.7 Å². The van der Waals surface area contributed by atoms with E-state index < -0.39 is 97.3 Å². The molecule has 49 heteroatoms. The first kappa shape index (κ1) is 120. The number of carbonyl (C=O) groups excluding carboxylic acids is 3. The van der Waals surface area contributed by atoms with Crippen molar-refractivity contribution in [3.8, 4) is 0 Å². The van der Waals surface area contributed by atoms with E-state index in [-0.39, 0.29) is 144 Å².